The predicted octanol–water partition coefficient (Wildman–Crippen LogP) is 3.24. The highest BCUT2D eigenvalue weighted by molar-refractivity contribution is 7.92. The van der Waals surface area contributed by atoms with E-state index in [-0.39, 0.29) is 10.6 Å². The lowest BCUT2D eigenvalue weighted by Crippen LogP contribution is -2.23. The smallest absolute Gasteiger partial charge is 0.283 e. The fourth-order valence-corrected chi connectivity index (χ4v) is 4.12. The Morgan fingerprint density at radius 1 is 1.00 bits per heavy atom. The van der Waals surface area contributed by atoms with Crippen molar-refractivity contribution in [1.29, 1.82) is 0 Å². The molecule has 0 aliphatic heterocycles. The van der Waals surface area contributed by atoms with Gasteiger partial charge in [0.15, 0.2) is 0 Å². The van der Waals surface area contributed by atoms with Crippen LogP contribution < -0.4 is 10.3 Å². The van der Waals surface area contributed by atoms with E-state index < -0.39 is 15.6 Å². The number of nitrogens with one attached hydrogen (secondary N) is 1. The molecule has 0 saturated heterocycles. The van der Waals surface area contributed by atoms with Gasteiger partial charge in [0, 0.05) is 7.05 Å². The number of hydrogen-bond acceptors (Lipinski definition) is 3. The van der Waals surface area contributed by atoms with Crippen LogP contribution in [0.25, 0.3) is 5.69 Å². The maximum atomic E-state index is 12.9. The van der Waals surface area contributed by atoms with Crippen molar-refractivity contribution in [2.24, 2.45) is 7.05 Å². The van der Waals surface area contributed by atoms with Crippen LogP contribution in [0.2, 0.25) is 0 Å². The van der Waals surface area contributed by atoms with Crippen molar-refractivity contribution in [3.05, 3.63) is 76.2 Å². The highest BCUT2D eigenvalue weighted by Gasteiger charge is 2.22. The summed E-state index contributed by atoms with van der Waals surface area (Å²) in [5.74, 6) is 0. The van der Waals surface area contributed by atoms with E-state index in [2.05, 4.69) is 11.6 Å². The van der Waals surface area contributed by atoms with E-state index in [1.807, 2.05) is 18.2 Å². The zero-order valence-electron chi connectivity index (χ0n) is 15.6. The molecule has 142 valence electrons. The summed E-state index contributed by atoms with van der Waals surface area (Å²) < 4.78 is 31.1. The first-order valence-corrected chi connectivity index (χ1v) is 10.3. The first-order chi connectivity index (χ1) is 12.8. The lowest BCUT2D eigenvalue weighted by atomic mass is 10.1. The Kier molecular flexibility index (Phi) is 5.23. The van der Waals surface area contributed by atoms with Crippen LogP contribution in [-0.2, 0) is 23.5 Å². The number of nitrogens with zero attached hydrogens (tertiary/aromatic N) is 2. The molecule has 0 bridgehead atoms. The molecule has 0 radical (unpaired) electrons. The Balaban J connectivity index is 1.99. The van der Waals surface area contributed by atoms with Gasteiger partial charge in [-0.15, -0.1) is 0 Å². The molecule has 0 spiro atoms. The molecule has 0 saturated carbocycles. The molecule has 3 rings (SSSR count). The van der Waals surface area contributed by atoms with E-state index in [1.165, 1.54) is 4.68 Å². The third-order valence-corrected chi connectivity index (χ3v) is 5.93. The molecule has 6 nitrogen and oxygen atoms in total. The average molecular weight is 385 g/mol. The van der Waals surface area contributed by atoms with Crippen molar-refractivity contribution < 1.29 is 8.42 Å². The summed E-state index contributed by atoms with van der Waals surface area (Å²) in [7, 11) is -2.13. The lowest BCUT2D eigenvalue weighted by Gasteiger charge is -2.08. The highest BCUT2D eigenvalue weighted by Crippen LogP contribution is 2.19. The maximum absolute atomic E-state index is 12.9. The van der Waals surface area contributed by atoms with Gasteiger partial charge in [-0.2, -0.15) is 0 Å². The Morgan fingerprint density at radius 2 is 1.63 bits per heavy atom. The van der Waals surface area contributed by atoms with Gasteiger partial charge >= 0.3 is 0 Å². The van der Waals surface area contributed by atoms with Crippen LogP contribution in [0.3, 0.4) is 0 Å². The van der Waals surface area contributed by atoms with Gasteiger partial charge in [-0.1, -0.05) is 43.7 Å². The van der Waals surface area contributed by atoms with Crippen molar-refractivity contribution in [3.8, 4) is 5.69 Å². The second kappa shape index (κ2) is 7.44. The topological polar surface area (TPSA) is 73.1 Å². The van der Waals surface area contributed by atoms with Gasteiger partial charge in [0.25, 0.3) is 15.6 Å². The second-order valence-electron chi connectivity index (χ2n) is 6.44. The van der Waals surface area contributed by atoms with Gasteiger partial charge in [-0.05, 0) is 43.2 Å². The lowest BCUT2D eigenvalue weighted by molar-refractivity contribution is 0.601. The Hall–Kier alpha value is -2.80. The van der Waals surface area contributed by atoms with Gasteiger partial charge in [0.2, 0.25) is 0 Å². The Labute approximate surface area is 159 Å². The summed E-state index contributed by atoms with van der Waals surface area (Å²) in [5.41, 5.74) is 1.93. The van der Waals surface area contributed by atoms with Crippen LogP contribution in [0, 0.1) is 6.92 Å². The molecule has 0 fully saturated rings. The van der Waals surface area contributed by atoms with E-state index in [1.54, 1.807) is 55.1 Å². The summed E-state index contributed by atoms with van der Waals surface area (Å²) in [5, 5.41) is 0. The number of rotatable bonds is 6. The third kappa shape index (κ3) is 3.68. The number of anilines is 1. The molecule has 2 aromatic carbocycles. The van der Waals surface area contributed by atoms with Crippen LogP contribution in [0.15, 0.2) is 64.3 Å². The molecule has 1 aromatic heterocycles. The normalized spacial score (nSPS) is 11.5. The molecule has 3 aromatic rings. The van der Waals surface area contributed by atoms with Crippen molar-refractivity contribution in [2.45, 2.75) is 31.6 Å². The summed E-state index contributed by atoms with van der Waals surface area (Å²) in [6.45, 7) is 3.78. The van der Waals surface area contributed by atoms with E-state index in [4.69, 9.17) is 0 Å². The molecule has 0 amide bonds. The molecule has 0 aliphatic rings. The minimum absolute atomic E-state index is 0.0546. The molecule has 7 heteroatoms. The third-order valence-electron chi connectivity index (χ3n) is 4.56. The second-order valence-corrected chi connectivity index (χ2v) is 8.12. The van der Waals surface area contributed by atoms with E-state index in [9.17, 15) is 13.2 Å². The maximum Gasteiger partial charge on any atom is 0.296 e. The van der Waals surface area contributed by atoms with Gasteiger partial charge in [-0.25, -0.2) is 13.1 Å². The zero-order valence-corrected chi connectivity index (χ0v) is 16.5. The highest BCUT2D eigenvalue weighted by atomic mass is 32.2. The van der Waals surface area contributed by atoms with Gasteiger partial charge in [0.1, 0.15) is 5.69 Å². The molecule has 0 aliphatic carbocycles. The number of benzene rings is 2. The molecule has 27 heavy (non-hydrogen) atoms. The standard InChI is InChI=1S/C20H23N3O3S/c1-4-8-16-11-13-18(14-12-16)27(25,26)21-19-15(2)22(3)23(20(19)24)17-9-6-5-7-10-17/h5-7,9-14,21H,4,8H2,1-3H3. The summed E-state index contributed by atoms with van der Waals surface area (Å²) in [6.07, 6.45) is 1.89. The van der Waals surface area contributed by atoms with E-state index in [0.29, 0.717) is 11.4 Å². The number of hydrogen-bond donors (Lipinski definition) is 1. The van der Waals surface area contributed by atoms with Gasteiger partial charge in [-0.3, -0.25) is 14.2 Å². The molecule has 1 heterocycles. The first-order valence-electron chi connectivity index (χ1n) is 8.81. The fraction of sp³-hybridized carbons (Fsp3) is 0.250. The van der Waals surface area contributed by atoms with Crippen molar-refractivity contribution >= 4 is 15.7 Å². The fourth-order valence-electron chi connectivity index (χ4n) is 3.00. The Morgan fingerprint density at radius 3 is 2.22 bits per heavy atom. The van der Waals surface area contributed by atoms with Crippen LogP contribution in [0.4, 0.5) is 5.69 Å². The van der Waals surface area contributed by atoms with Gasteiger partial charge < -0.3 is 0 Å². The van der Waals surface area contributed by atoms with E-state index >= 15 is 0 Å². The minimum atomic E-state index is -3.85. The SMILES string of the molecule is CCCc1ccc(S(=O)(=O)Nc2c(C)n(C)n(-c3ccccc3)c2=O)cc1. The van der Waals surface area contributed by atoms with Crippen LogP contribution in [0.5, 0.6) is 0 Å². The predicted molar refractivity (Wildman–Crippen MR) is 107 cm³/mol. The van der Waals surface area contributed by atoms with Crippen LogP contribution >= 0.6 is 0 Å². The molecule has 0 atom stereocenters. The zero-order chi connectivity index (χ0) is 19.6. The first kappa shape index (κ1) is 19.0. The quantitative estimate of drug-likeness (QED) is 0.708. The van der Waals surface area contributed by atoms with Crippen LogP contribution in [0.1, 0.15) is 24.6 Å². The molecular formula is C20H23N3O3S. The molecule has 0 unspecified atom stereocenters. The van der Waals surface area contributed by atoms with Crippen molar-refractivity contribution in [1.82, 2.24) is 9.36 Å². The summed E-state index contributed by atoms with van der Waals surface area (Å²) >= 11 is 0. The molecule has 1 N–H and O–H groups in total. The monoisotopic (exact) mass is 385 g/mol. The summed E-state index contributed by atoms with van der Waals surface area (Å²) in [6, 6.07) is 15.9. The number of sulfonamides is 1. The van der Waals surface area contributed by atoms with Gasteiger partial charge in [0.05, 0.1) is 16.3 Å². The van der Waals surface area contributed by atoms with Crippen LogP contribution in [-0.4, -0.2) is 17.8 Å². The summed E-state index contributed by atoms with van der Waals surface area (Å²) in [4.78, 5) is 13.0. The number of aromatic nitrogens is 2. The van der Waals surface area contributed by atoms with Crippen molar-refractivity contribution in [3.63, 3.8) is 0 Å². The number of aryl methyl sites for hydroxylation is 1. The number of para-hydroxylation sites is 1. The average Bonchev–Trinajstić information content (AvgIpc) is 2.86. The van der Waals surface area contributed by atoms with Crippen molar-refractivity contribution in [2.75, 3.05) is 4.72 Å². The Bertz CT molecular complexity index is 1100. The largest absolute Gasteiger partial charge is 0.296 e. The van der Waals surface area contributed by atoms with E-state index in [0.717, 1.165) is 18.4 Å². The molecular weight excluding hydrogens is 362 g/mol. The minimum Gasteiger partial charge on any atom is -0.283 e.